The number of nitrogens with zero attached hydrogens (tertiary/aromatic N) is 1. The molecular weight excluding hydrogens is 304 g/mol. The number of hydrogen-bond donors (Lipinski definition) is 1. The number of ether oxygens (including phenoxy) is 1. The van der Waals surface area contributed by atoms with Gasteiger partial charge in [-0.15, -0.1) is 0 Å². The molecule has 1 aliphatic rings. The Morgan fingerprint density at radius 2 is 2.04 bits per heavy atom. The van der Waals surface area contributed by atoms with Crippen LogP contribution in [0.1, 0.15) is 33.2 Å². The highest BCUT2D eigenvalue weighted by Crippen LogP contribution is 2.26. The van der Waals surface area contributed by atoms with Crippen molar-refractivity contribution < 1.29 is 14.3 Å². The molecule has 0 spiro atoms. The Bertz CT molecular complexity index is 786. The Labute approximate surface area is 141 Å². The van der Waals surface area contributed by atoms with Crippen molar-refractivity contribution in [1.82, 2.24) is 4.90 Å². The van der Waals surface area contributed by atoms with E-state index in [0.29, 0.717) is 42.3 Å². The Balaban J connectivity index is 1.87. The van der Waals surface area contributed by atoms with E-state index in [1.165, 1.54) is 0 Å². The topological polar surface area (TPSA) is 58.6 Å². The fourth-order valence-corrected chi connectivity index (χ4v) is 2.77. The molecule has 5 heteroatoms. The van der Waals surface area contributed by atoms with E-state index in [2.05, 4.69) is 5.32 Å². The number of likely N-dealkylation sites (N-methyl/N-ethyl adjacent to an activating group) is 1. The number of benzene rings is 2. The molecule has 0 bridgehead atoms. The lowest BCUT2D eigenvalue weighted by Crippen LogP contribution is -2.32. The first kappa shape index (κ1) is 16.1. The first-order chi connectivity index (χ1) is 11.6. The summed E-state index contributed by atoms with van der Waals surface area (Å²) in [6.07, 6.45) is 0. The molecule has 124 valence electrons. The largest absolute Gasteiger partial charge is 0.491 e. The minimum Gasteiger partial charge on any atom is -0.491 e. The lowest BCUT2D eigenvalue weighted by atomic mass is 10.1. The predicted molar refractivity (Wildman–Crippen MR) is 92.6 cm³/mol. The van der Waals surface area contributed by atoms with Gasteiger partial charge in [-0.2, -0.15) is 0 Å². The molecular formula is C19H20N2O3. The molecule has 3 rings (SSSR count). The zero-order valence-corrected chi connectivity index (χ0v) is 13.8. The highest BCUT2D eigenvalue weighted by Gasteiger charge is 2.23. The molecule has 0 unspecified atom stereocenters. The summed E-state index contributed by atoms with van der Waals surface area (Å²) >= 11 is 0. The van der Waals surface area contributed by atoms with Crippen LogP contribution in [0.15, 0.2) is 42.5 Å². The molecule has 0 saturated carbocycles. The molecule has 2 aromatic rings. The van der Waals surface area contributed by atoms with Gasteiger partial charge < -0.3 is 15.0 Å². The predicted octanol–water partition coefficient (Wildman–Crippen LogP) is 3.10. The average Bonchev–Trinajstić information content (AvgIpc) is 2.74. The third-order valence-electron chi connectivity index (χ3n) is 4.15. The summed E-state index contributed by atoms with van der Waals surface area (Å²) in [7, 11) is 0. The van der Waals surface area contributed by atoms with Gasteiger partial charge >= 0.3 is 0 Å². The van der Waals surface area contributed by atoms with Crippen molar-refractivity contribution >= 4 is 17.5 Å². The van der Waals surface area contributed by atoms with E-state index in [4.69, 9.17) is 4.74 Å². The van der Waals surface area contributed by atoms with E-state index in [9.17, 15) is 9.59 Å². The molecule has 5 nitrogen and oxygen atoms in total. The number of anilines is 1. The summed E-state index contributed by atoms with van der Waals surface area (Å²) in [5.41, 5.74) is 2.58. The second-order valence-corrected chi connectivity index (χ2v) is 5.71. The smallest absolute Gasteiger partial charge is 0.257 e. The van der Waals surface area contributed by atoms with Gasteiger partial charge in [0.15, 0.2) is 0 Å². The van der Waals surface area contributed by atoms with Gasteiger partial charge in [-0.1, -0.05) is 18.2 Å². The minimum absolute atomic E-state index is 0.0722. The van der Waals surface area contributed by atoms with Crippen molar-refractivity contribution in [3.8, 4) is 5.75 Å². The normalized spacial score (nSPS) is 13.8. The number of rotatable bonds is 3. The summed E-state index contributed by atoms with van der Waals surface area (Å²) in [6.45, 7) is 5.49. The molecule has 1 aliphatic heterocycles. The van der Waals surface area contributed by atoms with Crippen LogP contribution >= 0.6 is 0 Å². The molecule has 1 N–H and O–H groups in total. The van der Waals surface area contributed by atoms with Crippen LogP contribution in [0.3, 0.4) is 0 Å². The molecule has 0 atom stereocenters. The van der Waals surface area contributed by atoms with Crippen molar-refractivity contribution in [2.45, 2.75) is 13.8 Å². The quantitative estimate of drug-likeness (QED) is 0.944. The van der Waals surface area contributed by atoms with Crippen LogP contribution in [0, 0.1) is 6.92 Å². The van der Waals surface area contributed by atoms with E-state index in [0.717, 1.165) is 5.56 Å². The number of carbonyl (C=O) groups excluding carboxylic acids is 2. The van der Waals surface area contributed by atoms with E-state index in [1.54, 1.807) is 29.2 Å². The van der Waals surface area contributed by atoms with Crippen molar-refractivity contribution in [1.29, 1.82) is 0 Å². The Morgan fingerprint density at radius 3 is 2.79 bits per heavy atom. The molecule has 0 aromatic heterocycles. The van der Waals surface area contributed by atoms with Gasteiger partial charge in [0.05, 0.1) is 12.1 Å². The number of nitrogens with one attached hydrogen (secondary N) is 1. The fourth-order valence-electron chi connectivity index (χ4n) is 2.77. The van der Waals surface area contributed by atoms with Gasteiger partial charge in [0.1, 0.15) is 12.4 Å². The standard InChI is InChI=1S/C19H20N2O3/c1-3-21-10-11-24-17-9-8-14(12-16(17)19(21)23)20-18(22)15-7-5-4-6-13(15)2/h4-9,12H,3,10-11H2,1-2H3,(H,20,22). The fraction of sp³-hybridized carbons (Fsp3) is 0.263. The number of carbonyl (C=O) groups is 2. The highest BCUT2D eigenvalue weighted by molar-refractivity contribution is 6.06. The molecule has 1 heterocycles. The zero-order valence-electron chi connectivity index (χ0n) is 13.8. The number of hydrogen-bond acceptors (Lipinski definition) is 3. The summed E-state index contributed by atoms with van der Waals surface area (Å²) in [5, 5.41) is 2.86. The van der Waals surface area contributed by atoms with Crippen LogP contribution in [-0.2, 0) is 0 Å². The first-order valence-corrected chi connectivity index (χ1v) is 8.03. The Kier molecular flexibility index (Phi) is 4.51. The maximum atomic E-state index is 12.6. The van der Waals surface area contributed by atoms with Crippen LogP contribution < -0.4 is 10.1 Å². The second-order valence-electron chi connectivity index (χ2n) is 5.71. The molecule has 2 aromatic carbocycles. The van der Waals surface area contributed by atoms with E-state index in [1.807, 2.05) is 32.0 Å². The van der Waals surface area contributed by atoms with Crippen molar-refractivity contribution in [2.75, 3.05) is 25.0 Å². The molecule has 2 amide bonds. The third-order valence-corrected chi connectivity index (χ3v) is 4.15. The average molecular weight is 324 g/mol. The summed E-state index contributed by atoms with van der Waals surface area (Å²) in [4.78, 5) is 26.7. The Hall–Kier alpha value is -2.82. The maximum absolute atomic E-state index is 12.6. The van der Waals surface area contributed by atoms with Crippen LogP contribution in [0.4, 0.5) is 5.69 Å². The molecule has 0 fully saturated rings. The second kappa shape index (κ2) is 6.74. The zero-order chi connectivity index (χ0) is 17.1. The third kappa shape index (κ3) is 3.11. The monoisotopic (exact) mass is 324 g/mol. The number of fused-ring (bicyclic) bond motifs is 1. The molecule has 0 radical (unpaired) electrons. The van der Waals surface area contributed by atoms with Crippen LogP contribution in [0.5, 0.6) is 5.75 Å². The van der Waals surface area contributed by atoms with Crippen molar-refractivity contribution in [2.24, 2.45) is 0 Å². The van der Waals surface area contributed by atoms with Crippen LogP contribution in [0.2, 0.25) is 0 Å². The van der Waals surface area contributed by atoms with Crippen LogP contribution in [-0.4, -0.2) is 36.4 Å². The number of aryl methyl sites for hydroxylation is 1. The van der Waals surface area contributed by atoms with Gasteiger partial charge in [0.25, 0.3) is 11.8 Å². The summed E-state index contributed by atoms with van der Waals surface area (Å²) in [5.74, 6) is 0.296. The van der Waals surface area contributed by atoms with Crippen molar-refractivity contribution in [3.05, 3.63) is 59.2 Å². The summed E-state index contributed by atoms with van der Waals surface area (Å²) < 4.78 is 5.64. The van der Waals surface area contributed by atoms with E-state index >= 15 is 0 Å². The van der Waals surface area contributed by atoms with Crippen LogP contribution in [0.25, 0.3) is 0 Å². The lowest BCUT2D eigenvalue weighted by Gasteiger charge is -2.17. The molecule has 24 heavy (non-hydrogen) atoms. The molecule has 0 aliphatic carbocycles. The SMILES string of the molecule is CCN1CCOc2ccc(NC(=O)c3ccccc3C)cc2C1=O. The molecule has 0 saturated heterocycles. The van der Waals surface area contributed by atoms with Gasteiger partial charge in [-0.05, 0) is 43.7 Å². The maximum Gasteiger partial charge on any atom is 0.257 e. The van der Waals surface area contributed by atoms with Gasteiger partial charge in [-0.3, -0.25) is 9.59 Å². The minimum atomic E-state index is -0.192. The van der Waals surface area contributed by atoms with E-state index in [-0.39, 0.29) is 11.8 Å². The van der Waals surface area contributed by atoms with Gasteiger partial charge in [-0.25, -0.2) is 0 Å². The Morgan fingerprint density at radius 1 is 1.25 bits per heavy atom. The van der Waals surface area contributed by atoms with Gasteiger partial charge in [0.2, 0.25) is 0 Å². The van der Waals surface area contributed by atoms with Gasteiger partial charge in [0, 0.05) is 17.8 Å². The van der Waals surface area contributed by atoms with E-state index < -0.39 is 0 Å². The number of amides is 2. The highest BCUT2D eigenvalue weighted by atomic mass is 16.5. The first-order valence-electron chi connectivity index (χ1n) is 8.03. The summed E-state index contributed by atoms with van der Waals surface area (Å²) in [6, 6.07) is 12.6. The lowest BCUT2D eigenvalue weighted by molar-refractivity contribution is 0.0764. The van der Waals surface area contributed by atoms with Crippen molar-refractivity contribution in [3.63, 3.8) is 0 Å².